The number of nitrogens with one attached hydrogen (secondary N) is 1. The van der Waals surface area contributed by atoms with E-state index in [0.29, 0.717) is 5.56 Å². The number of azide groups is 1. The summed E-state index contributed by atoms with van der Waals surface area (Å²) >= 11 is 0. The number of carbonyl (C=O) groups excluding carboxylic acids is 1. The van der Waals surface area contributed by atoms with Crippen LogP contribution in [0.2, 0.25) is 0 Å². The smallest absolute Gasteiger partial charge is 0.330 e. The first-order valence-corrected chi connectivity index (χ1v) is 7.71. The molecule has 1 aromatic heterocycles. The highest BCUT2D eigenvalue weighted by Crippen LogP contribution is 2.30. The summed E-state index contributed by atoms with van der Waals surface area (Å²) in [7, 11) is 0. The summed E-state index contributed by atoms with van der Waals surface area (Å²) in [5.74, 6) is -1.85. The average molecular weight is 367 g/mol. The maximum atomic E-state index is 11.9. The molecule has 1 aromatic rings. The molecule has 1 saturated heterocycles. The SMILES string of the molecule is Cc1cn([C@H]2C[C@@H](N=[N+]=[N-])[C@@H](COC(=O)CCC(=O)O)O2)c(=O)[nH]c1=O. The Kier molecular flexibility index (Phi) is 6.15. The average Bonchev–Trinajstić information content (AvgIpc) is 2.97. The number of nitrogens with zero attached hydrogens (tertiary/aromatic N) is 4. The molecular formula is C14H17N5O7. The van der Waals surface area contributed by atoms with Gasteiger partial charge in [0.15, 0.2) is 0 Å². The maximum absolute atomic E-state index is 11.9. The molecule has 2 N–H and O–H groups in total. The molecule has 12 nitrogen and oxygen atoms in total. The van der Waals surface area contributed by atoms with Gasteiger partial charge < -0.3 is 14.6 Å². The standard InChI is InChI=1S/C14H17N5O7/c1-7-5-19(14(24)16-13(7)23)10-4-8(17-18-15)9(26-10)6-25-12(22)3-2-11(20)21/h5,8-10H,2-4,6H2,1H3,(H,20,21)(H,16,23,24)/t8-,9-,10-/m1/s1. The summed E-state index contributed by atoms with van der Waals surface area (Å²) in [4.78, 5) is 50.2. The number of hydrogen-bond acceptors (Lipinski definition) is 7. The topological polar surface area (TPSA) is 176 Å². The lowest BCUT2D eigenvalue weighted by molar-refractivity contribution is -0.151. The quantitative estimate of drug-likeness (QED) is 0.299. The third-order valence-electron chi connectivity index (χ3n) is 3.81. The van der Waals surface area contributed by atoms with Crippen molar-refractivity contribution in [3.05, 3.63) is 43.0 Å². The lowest BCUT2D eigenvalue weighted by Crippen LogP contribution is -2.33. The van der Waals surface area contributed by atoms with Crippen LogP contribution in [0.15, 0.2) is 20.9 Å². The summed E-state index contributed by atoms with van der Waals surface area (Å²) in [6, 6.07) is -0.698. The van der Waals surface area contributed by atoms with Gasteiger partial charge >= 0.3 is 17.6 Å². The molecule has 12 heteroatoms. The predicted octanol–water partition coefficient (Wildman–Crippen LogP) is 0.219. The van der Waals surface area contributed by atoms with Crippen LogP contribution >= 0.6 is 0 Å². The lowest BCUT2D eigenvalue weighted by atomic mass is 10.1. The predicted molar refractivity (Wildman–Crippen MR) is 85.3 cm³/mol. The van der Waals surface area contributed by atoms with E-state index >= 15 is 0 Å². The van der Waals surface area contributed by atoms with Gasteiger partial charge in [-0.1, -0.05) is 5.11 Å². The van der Waals surface area contributed by atoms with Gasteiger partial charge in [-0.3, -0.25) is 23.9 Å². The first-order chi connectivity index (χ1) is 12.3. The molecule has 1 aliphatic rings. The first kappa shape index (κ1) is 19.2. The van der Waals surface area contributed by atoms with Crippen LogP contribution in [-0.2, 0) is 19.1 Å². The minimum absolute atomic E-state index is 0.146. The largest absolute Gasteiger partial charge is 0.481 e. The van der Waals surface area contributed by atoms with Crippen molar-refractivity contribution in [3.63, 3.8) is 0 Å². The summed E-state index contributed by atoms with van der Waals surface area (Å²) in [5, 5.41) is 12.1. The van der Waals surface area contributed by atoms with Crippen molar-refractivity contribution in [2.45, 2.75) is 44.6 Å². The number of aromatic amines is 1. The highest BCUT2D eigenvalue weighted by atomic mass is 16.6. The molecule has 0 aliphatic carbocycles. The molecule has 0 saturated carbocycles. The van der Waals surface area contributed by atoms with Crippen LogP contribution in [-0.4, -0.2) is 45.3 Å². The van der Waals surface area contributed by atoms with Gasteiger partial charge in [-0.05, 0) is 12.5 Å². The van der Waals surface area contributed by atoms with Crippen LogP contribution in [0.25, 0.3) is 10.4 Å². The second kappa shape index (κ2) is 8.32. The monoisotopic (exact) mass is 367 g/mol. The Morgan fingerprint density at radius 2 is 2.23 bits per heavy atom. The number of aromatic nitrogens is 2. The van der Waals surface area contributed by atoms with E-state index in [4.69, 9.17) is 20.1 Å². The zero-order valence-electron chi connectivity index (χ0n) is 13.8. The zero-order valence-corrected chi connectivity index (χ0v) is 13.8. The summed E-state index contributed by atoms with van der Waals surface area (Å²) in [5.41, 5.74) is 7.79. The van der Waals surface area contributed by atoms with Gasteiger partial charge in [-0.15, -0.1) is 0 Å². The number of carbonyl (C=O) groups is 2. The van der Waals surface area contributed by atoms with Crippen molar-refractivity contribution in [1.29, 1.82) is 0 Å². The fourth-order valence-electron chi connectivity index (χ4n) is 2.48. The Hall–Kier alpha value is -3.11. The Bertz CT molecular complexity index is 854. The molecule has 0 unspecified atom stereocenters. The Labute approximate surface area is 146 Å². The van der Waals surface area contributed by atoms with E-state index in [2.05, 4.69) is 15.0 Å². The van der Waals surface area contributed by atoms with Crippen molar-refractivity contribution in [2.75, 3.05) is 6.61 Å². The van der Waals surface area contributed by atoms with Crippen molar-refractivity contribution in [1.82, 2.24) is 9.55 Å². The Morgan fingerprint density at radius 1 is 1.50 bits per heavy atom. The van der Waals surface area contributed by atoms with E-state index in [9.17, 15) is 19.2 Å². The molecule has 3 atom stereocenters. The first-order valence-electron chi connectivity index (χ1n) is 7.71. The number of rotatable bonds is 7. The number of carboxylic acid groups (broad SMARTS) is 1. The zero-order chi connectivity index (χ0) is 19.3. The molecule has 26 heavy (non-hydrogen) atoms. The second-order valence-corrected chi connectivity index (χ2v) is 5.69. The van der Waals surface area contributed by atoms with Crippen LogP contribution in [0.5, 0.6) is 0 Å². The Balaban J connectivity index is 2.08. The molecule has 2 rings (SSSR count). The number of ether oxygens (including phenoxy) is 2. The highest BCUT2D eigenvalue weighted by molar-refractivity contribution is 5.76. The van der Waals surface area contributed by atoms with Gasteiger partial charge in [0.05, 0.1) is 18.9 Å². The molecule has 0 amide bonds. The molecule has 0 radical (unpaired) electrons. The van der Waals surface area contributed by atoms with Crippen LogP contribution in [0.1, 0.15) is 31.1 Å². The molecule has 1 aliphatic heterocycles. The normalized spacial score (nSPS) is 21.8. The van der Waals surface area contributed by atoms with Gasteiger partial charge in [-0.2, -0.15) is 0 Å². The summed E-state index contributed by atoms with van der Waals surface area (Å²) in [6.45, 7) is 1.27. The third kappa shape index (κ3) is 4.71. The molecular weight excluding hydrogens is 350 g/mol. The minimum Gasteiger partial charge on any atom is -0.481 e. The van der Waals surface area contributed by atoms with E-state index in [0.717, 1.165) is 0 Å². The lowest BCUT2D eigenvalue weighted by Gasteiger charge is -2.16. The molecule has 0 spiro atoms. The van der Waals surface area contributed by atoms with E-state index in [1.165, 1.54) is 17.7 Å². The molecule has 140 valence electrons. The van der Waals surface area contributed by atoms with Crippen LogP contribution < -0.4 is 11.2 Å². The molecule has 1 fully saturated rings. The van der Waals surface area contributed by atoms with Gasteiger partial charge in [0.2, 0.25) is 0 Å². The van der Waals surface area contributed by atoms with Gasteiger partial charge in [0.1, 0.15) is 18.9 Å². The minimum atomic E-state index is -1.13. The molecule has 2 heterocycles. The number of H-pyrrole nitrogens is 1. The Morgan fingerprint density at radius 3 is 2.88 bits per heavy atom. The van der Waals surface area contributed by atoms with E-state index in [1.807, 2.05) is 0 Å². The van der Waals surface area contributed by atoms with Gasteiger partial charge in [-0.25, -0.2) is 4.79 Å². The number of hydrogen-bond donors (Lipinski definition) is 2. The van der Waals surface area contributed by atoms with Crippen molar-refractivity contribution in [3.8, 4) is 0 Å². The molecule has 0 bridgehead atoms. The van der Waals surface area contributed by atoms with Crippen molar-refractivity contribution < 1.29 is 24.2 Å². The maximum Gasteiger partial charge on any atom is 0.330 e. The van der Waals surface area contributed by atoms with Crippen molar-refractivity contribution >= 4 is 11.9 Å². The van der Waals surface area contributed by atoms with Crippen LogP contribution in [0.3, 0.4) is 0 Å². The fraction of sp³-hybridized carbons (Fsp3) is 0.571. The van der Waals surface area contributed by atoms with E-state index < -0.39 is 41.6 Å². The van der Waals surface area contributed by atoms with Crippen LogP contribution in [0, 0.1) is 6.92 Å². The second-order valence-electron chi connectivity index (χ2n) is 5.69. The highest BCUT2D eigenvalue weighted by Gasteiger charge is 2.37. The van der Waals surface area contributed by atoms with Crippen molar-refractivity contribution in [2.24, 2.45) is 5.11 Å². The van der Waals surface area contributed by atoms with Gasteiger partial charge in [0.25, 0.3) is 5.56 Å². The third-order valence-corrected chi connectivity index (χ3v) is 3.81. The van der Waals surface area contributed by atoms with E-state index in [1.54, 1.807) is 0 Å². The summed E-state index contributed by atoms with van der Waals surface area (Å²) < 4.78 is 11.8. The number of aryl methyl sites for hydroxylation is 1. The number of carboxylic acids is 1. The molecule has 0 aromatic carbocycles. The van der Waals surface area contributed by atoms with E-state index in [-0.39, 0.29) is 25.9 Å². The number of aliphatic carboxylic acids is 1. The summed E-state index contributed by atoms with van der Waals surface area (Å²) in [6.07, 6.45) is -0.790. The number of esters is 1. The van der Waals surface area contributed by atoms with Gasteiger partial charge in [0, 0.05) is 23.1 Å². The fourth-order valence-corrected chi connectivity index (χ4v) is 2.48. The van der Waals surface area contributed by atoms with Crippen LogP contribution in [0.4, 0.5) is 0 Å².